The maximum absolute atomic E-state index is 12.9. The molecular formula is C17H23N2O5S+. The highest BCUT2D eigenvalue weighted by molar-refractivity contribution is 7.98. The van der Waals surface area contributed by atoms with Gasteiger partial charge in [0.05, 0.1) is 12.9 Å². The minimum atomic E-state index is -1.10. The standard InChI is InChI=1S/C17H22N2O5S/c1-4-23-16(22)17(7-9-25-3)12-11(14(20)19(2)15(12)21)13(18-17)10-6-5-8-24-10/h5-6,8,11-13,18H,4,7,9H2,1-3H3/p+1/t11-,12+,13-,17+/m0/s1. The highest BCUT2D eigenvalue weighted by Gasteiger charge is 2.72. The molecule has 3 heterocycles. The van der Waals surface area contributed by atoms with Gasteiger partial charge in [-0.3, -0.25) is 14.5 Å². The number of carbonyl (C=O) groups excluding carboxylic acids is 3. The van der Waals surface area contributed by atoms with Crippen molar-refractivity contribution in [3.63, 3.8) is 0 Å². The Kier molecular flexibility index (Phi) is 4.92. The number of rotatable bonds is 6. The Morgan fingerprint density at radius 1 is 1.44 bits per heavy atom. The van der Waals surface area contributed by atoms with Crippen LogP contribution in [0, 0.1) is 11.8 Å². The number of fused-ring (bicyclic) bond motifs is 1. The van der Waals surface area contributed by atoms with Gasteiger partial charge in [-0.2, -0.15) is 11.8 Å². The number of imide groups is 1. The molecule has 136 valence electrons. The SMILES string of the molecule is CCOC(=O)[C@]1(CCSC)[NH2+][C@@H](c2ccco2)[C@H]2C(=O)N(C)C(=O)[C@@H]21. The largest absolute Gasteiger partial charge is 0.463 e. The van der Waals surface area contributed by atoms with Crippen LogP contribution in [0.1, 0.15) is 25.1 Å². The van der Waals surface area contributed by atoms with Gasteiger partial charge in [0.1, 0.15) is 11.8 Å². The number of hydrogen-bond acceptors (Lipinski definition) is 6. The Morgan fingerprint density at radius 3 is 2.80 bits per heavy atom. The third-order valence-corrected chi connectivity index (χ3v) is 5.85. The quantitative estimate of drug-likeness (QED) is 0.570. The summed E-state index contributed by atoms with van der Waals surface area (Å²) in [5.74, 6) is -1.06. The summed E-state index contributed by atoms with van der Waals surface area (Å²) in [6.07, 6.45) is 3.94. The second-order valence-corrected chi connectivity index (χ2v) is 7.44. The van der Waals surface area contributed by atoms with Gasteiger partial charge in [0, 0.05) is 13.5 Å². The number of carbonyl (C=O) groups is 3. The van der Waals surface area contributed by atoms with E-state index in [0.29, 0.717) is 17.9 Å². The van der Waals surface area contributed by atoms with Gasteiger partial charge in [-0.05, 0) is 31.1 Å². The molecule has 1 aromatic rings. The van der Waals surface area contributed by atoms with Crippen molar-refractivity contribution in [3.8, 4) is 0 Å². The van der Waals surface area contributed by atoms with Crippen LogP contribution in [0.5, 0.6) is 0 Å². The molecule has 0 aromatic carbocycles. The van der Waals surface area contributed by atoms with Crippen LogP contribution in [-0.4, -0.2) is 53.9 Å². The Hall–Kier alpha value is -1.80. The summed E-state index contributed by atoms with van der Waals surface area (Å²) in [6.45, 7) is 1.97. The Labute approximate surface area is 150 Å². The third kappa shape index (κ3) is 2.67. The molecule has 0 radical (unpaired) electrons. The number of hydrogen-bond donors (Lipinski definition) is 1. The molecule has 0 bridgehead atoms. The van der Waals surface area contributed by atoms with E-state index in [1.165, 1.54) is 13.3 Å². The van der Waals surface area contributed by atoms with Crippen LogP contribution in [0.3, 0.4) is 0 Å². The molecule has 0 aliphatic carbocycles. The zero-order valence-corrected chi connectivity index (χ0v) is 15.4. The average Bonchev–Trinajstić information content (AvgIpc) is 3.28. The predicted molar refractivity (Wildman–Crippen MR) is 90.5 cm³/mol. The zero-order valence-electron chi connectivity index (χ0n) is 14.6. The van der Waals surface area contributed by atoms with Gasteiger partial charge in [0.2, 0.25) is 17.4 Å². The minimum absolute atomic E-state index is 0.231. The summed E-state index contributed by atoms with van der Waals surface area (Å²) in [5.41, 5.74) is -1.10. The van der Waals surface area contributed by atoms with E-state index in [4.69, 9.17) is 9.15 Å². The van der Waals surface area contributed by atoms with E-state index in [1.807, 2.05) is 11.6 Å². The van der Waals surface area contributed by atoms with E-state index in [9.17, 15) is 14.4 Å². The van der Waals surface area contributed by atoms with Crippen LogP contribution in [0.2, 0.25) is 0 Å². The molecule has 2 aliphatic rings. The lowest BCUT2D eigenvalue weighted by atomic mass is 9.78. The van der Waals surface area contributed by atoms with Gasteiger partial charge < -0.3 is 14.5 Å². The third-order valence-electron chi connectivity index (χ3n) is 5.24. The fraction of sp³-hybridized carbons (Fsp3) is 0.588. The lowest BCUT2D eigenvalue weighted by molar-refractivity contribution is -0.736. The predicted octanol–water partition coefficient (Wildman–Crippen LogP) is 0.184. The summed E-state index contributed by atoms with van der Waals surface area (Å²) in [5, 5.41) is 1.83. The molecule has 0 spiro atoms. The van der Waals surface area contributed by atoms with Crippen molar-refractivity contribution in [1.29, 1.82) is 0 Å². The molecule has 8 heteroatoms. The fourth-order valence-electron chi connectivity index (χ4n) is 4.08. The van der Waals surface area contributed by atoms with Crippen LogP contribution in [0.15, 0.2) is 22.8 Å². The van der Waals surface area contributed by atoms with Gasteiger partial charge in [0.25, 0.3) is 0 Å². The smallest absolute Gasteiger partial charge is 0.368 e. The maximum atomic E-state index is 12.9. The number of amides is 2. The van der Waals surface area contributed by atoms with Crippen LogP contribution in [0.25, 0.3) is 0 Å². The maximum Gasteiger partial charge on any atom is 0.368 e. The molecule has 25 heavy (non-hydrogen) atoms. The topological polar surface area (TPSA) is 93.4 Å². The minimum Gasteiger partial charge on any atom is -0.463 e. The molecule has 2 N–H and O–H groups in total. The Balaban J connectivity index is 2.09. The van der Waals surface area contributed by atoms with E-state index in [1.54, 1.807) is 30.8 Å². The molecule has 2 saturated heterocycles. The molecule has 2 fully saturated rings. The molecule has 0 unspecified atom stereocenters. The summed E-state index contributed by atoms with van der Waals surface area (Å²) in [7, 11) is 1.48. The van der Waals surface area contributed by atoms with Crippen molar-refractivity contribution in [2.45, 2.75) is 24.9 Å². The Morgan fingerprint density at radius 2 is 2.20 bits per heavy atom. The number of nitrogens with zero attached hydrogens (tertiary/aromatic N) is 1. The molecule has 2 aliphatic heterocycles. The van der Waals surface area contributed by atoms with Crippen molar-refractivity contribution in [1.82, 2.24) is 4.90 Å². The van der Waals surface area contributed by atoms with Gasteiger partial charge in [-0.1, -0.05) is 0 Å². The first-order valence-corrected chi connectivity index (χ1v) is 9.74. The van der Waals surface area contributed by atoms with Crippen molar-refractivity contribution >= 4 is 29.5 Å². The van der Waals surface area contributed by atoms with Crippen LogP contribution >= 0.6 is 11.8 Å². The number of esters is 1. The molecule has 0 saturated carbocycles. The number of likely N-dealkylation sites (tertiary alicyclic amines) is 1. The second kappa shape index (κ2) is 6.84. The number of quaternary nitrogens is 1. The van der Waals surface area contributed by atoms with Gasteiger partial charge in [-0.15, -0.1) is 0 Å². The van der Waals surface area contributed by atoms with E-state index in [0.717, 1.165) is 4.90 Å². The number of nitrogens with two attached hydrogens (primary N) is 1. The van der Waals surface area contributed by atoms with E-state index in [-0.39, 0.29) is 18.4 Å². The number of furan rings is 1. The number of thioether (sulfide) groups is 1. The lowest BCUT2D eigenvalue weighted by Crippen LogP contribution is -2.98. The first kappa shape index (κ1) is 18.0. The van der Waals surface area contributed by atoms with E-state index >= 15 is 0 Å². The van der Waals surface area contributed by atoms with Crippen LogP contribution < -0.4 is 5.32 Å². The molecular weight excluding hydrogens is 344 g/mol. The summed E-state index contributed by atoms with van der Waals surface area (Å²) < 4.78 is 10.8. The highest BCUT2D eigenvalue weighted by atomic mass is 32.2. The van der Waals surface area contributed by atoms with Crippen molar-refractivity contribution in [3.05, 3.63) is 24.2 Å². The second-order valence-electron chi connectivity index (χ2n) is 6.45. The monoisotopic (exact) mass is 367 g/mol. The summed E-state index contributed by atoms with van der Waals surface area (Å²) >= 11 is 1.60. The molecule has 2 amide bonds. The van der Waals surface area contributed by atoms with Gasteiger partial charge in [0.15, 0.2) is 11.8 Å². The summed E-state index contributed by atoms with van der Waals surface area (Å²) in [4.78, 5) is 39.6. The Bertz CT molecular complexity index is 677. The molecule has 3 rings (SSSR count). The number of ether oxygens (including phenoxy) is 1. The molecule has 4 atom stereocenters. The summed E-state index contributed by atoms with van der Waals surface area (Å²) in [6, 6.07) is 3.12. The average molecular weight is 367 g/mol. The van der Waals surface area contributed by atoms with Gasteiger partial charge in [-0.25, -0.2) is 4.79 Å². The zero-order chi connectivity index (χ0) is 18.2. The van der Waals surface area contributed by atoms with Crippen molar-refractivity contribution in [2.24, 2.45) is 11.8 Å². The first-order chi connectivity index (χ1) is 12.0. The van der Waals surface area contributed by atoms with Crippen molar-refractivity contribution < 1.29 is 28.9 Å². The van der Waals surface area contributed by atoms with Crippen LogP contribution in [0.4, 0.5) is 0 Å². The highest BCUT2D eigenvalue weighted by Crippen LogP contribution is 2.45. The first-order valence-electron chi connectivity index (χ1n) is 8.35. The molecule has 7 nitrogen and oxygen atoms in total. The van der Waals surface area contributed by atoms with Gasteiger partial charge >= 0.3 is 5.97 Å². The van der Waals surface area contributed by atoms with E-state index in [2.05, 4.69) is 0 Å². The lowest BCUT2D eigenvalue weighted by Gasteiger charge is -2.28. The fourth-order valence-corrected chi connectivity index (χ4v) is 4.62. The van der Waals surface area contributed by atoms with Crippen molar-refractivity contribution in [2.75, 3.05) is 25.7 Å². The van der Waals surface area contributed by atoms with E-state index < -0.39 is 29.4 Å². The van der Waals surface area contributed by atoms with Crippen LogP contribution in [-0.2, 0) is 19.1 Å². The molecule has 1 aromatic heterocycles. The normalized spacial score (nSPS) is 31.5.